The van der Waals surface area contributed by atoms with Gasteiger partial charge in [-0.1, -0.05) is 36.4 Å². The molecular formula is C30H33N3O4. The minimum Gasteiger partial charge on any atom is -0.493 e. The molecule has 0 spiro atoms. The summed E-state index contributed by atoms with van der Waals surface area (Å²) in [6.45, 7) is 4.81. The molecule has 1 aliphatic rings. The molecule has 0 N–H and O–H groups in total. The molecule has 3 atom stereocenters. The summed E-state index contributed by atoms with van der Waals surface area (Å²) in [4.78, 5) is 19.5. The van der Waals surface area contributed by atoms with Gasteiger partial charge in [-0.3, -0.25) is 4.79 Å². The maximum Gasteiger partial charge on any atom is 0.223 e. The lowest BCUT2D eigenvalue weighted by Crippen LogP contribution is -2.31. The standard InChI is InChI=1S/C30H33N3O4/c1-19(21-9-7-6-8-10-21)33-17-24(16-29(33)34)20(2)37-28-15-23(13-25-30(28)32(3)18-31-25)22-11-12-26(35-4)27(14-22)36-5/h6-15,18-20,24H,16-17H2,1-5H3. The number of carbonyl (C=O) groups is 1. The first-order valence-corrected chi connectivity index (χ1v) is 12.6. The lowest BCUT2D eigenvalue weighted by atomic mass is 10.0. The Bertz CT molecular complexity index is 1420. The number of ether oxygens (including phenoxy) is 3. The summed E-state index contributed by atoms with van der Waals surface area (Å²) in [5.74, 6) is 2.34. The summed E-state index contributed by atoms with van der Waals surface area (Å²) in [6.07, 6.45) is 2.11. The highest BCUT2D eigenvalue weighted by atomic mass is 16.5. The number of rotatable bonds is 8. The van der Waals surface area contributed by atoms with Crippen LogP contribution < -0.4 is 14.2 Å². The Morgan fingerprint density at radius 1 is 0.919 bits per heavy atom. The molecule has 0 saturated carbocycles. The van der Waals surface area contributed by atoms with E-state index in [0.717, 1.165) is 33.5 Å². The van der Waals surface area contributed by atoms with E-state index in [4.69, 9.17) is 14.2 Å². The first kappa shape index (κ1) is 24.7. The summed E-state index contributed by atoms with van der Waals surface area (Å²) < 4.78 is 19.5. The molecule has 4 aromatic rings. The largest absolute Gasteiger partial charge is 0.493 e. The number of fused-ring (bicyclic) bond motifs is 1. The van der Waals surface area contributed by atoms with Crippen molar-refractivity contribution >= 4 is 16.9 Å². The predicted octanol–water partition coefficient (Wildman–Crippen LogP) is 5.63. The molecule has 0 radical (unpaired) electrons. The highest BCUT2D eigenvalue weighted by molar-refractivity contribution is 5.88. The van der Waals surface area contributed by atoms with Gasteiger partial charge in [0.05, 0.1) is 32.1 Å². The molecule has 7 heteroatoms. The van der Waals surface area contributed by atoms with Gasteiger partial charge in [-0.2, -0.15) is 0 Å². The Labute approximate surface area is 217 Å². The Morgan fingerprint density at radius 3 is 2.38 bits per heavy atom. The first-order chi connectivity index (χ1) is 17.9. The smallest absolute Gasteiger partial charge is 0.223 e. The van der Waals surface area contributed by atoms with Crippen LogP contribution in [0.25, 0.3) is 22.2 Å². The Hall–Kier alpha value is -4.00. The van der Waals surface area contributed by atoms with E-state index >= 15 is 0 Å². The molecule has 3 aromatic carbocycles. The molecule has 0 bridgehead atoms. The topological polar surface area (TPSA) is 65.8 Å². The van der Waals surface area contributed by atoms with E-state index in [1.54, 1.807) is 20.5 Å². The average Bonchev–Trinajstić information content (AvgIpc) is 3.50. The number of aryl methyl sites for hydroxylation is 1. The van der Waals surface area contributed by atoms with Crippen LogP contribution in [0.15, 0.2) is 67.0 Å². The van der Waals surface area contributed by atoms with Crippen LogP contribution in [0.2, 0.25) is 0 Å². The summed E-state index contributed by atoms with van der Waals surface area (Å²) >= 11 is 0. The monoisotopic (exact) mass is 499 g/mol. The Morgan fingerprint density at radius 2 is 1.65 bits per heavy atom. The van der Waals surface area contributed by atoms with Gasteiger partial charge in [0.1, 0.15) is 17.4 Å². The highest BCUT2D eigenvalue weighted by Gasteiger charge is 2.37. The number of carbonyl (C=O) groups excluding carboxylic acids is 1. The molecule has 37 heavy (non-hydrogen) atoms. The van der Waals surface area contributed by atoms with Gasteiger partial charge in [-0.15, -0.1) is 0 Å². The Balaban J connectivity index is 1.42. The fourth-order valence-corrected chi connectivity index (χ4v) is 5.18. The number of amides is 1. The number of hydrogen-bond donors (Lipinski definition) is 0. The van der Waals surface area contributed by atoms with E-state index in [0.29, 0.717) is 24.5 Å². The lowest BCUT2D eigenvalue weighted by molar-refractivity contribution is -0.129. The van der Waals surface area contributed by atoms with E-state index in [1.807, 2.05) is 59.0 Å². The third-order valence-electron chi connectivity index (χ3n) is 7.41. The Kier molecular flexibility index (Phi) is 6.78. The lowest BCUT2D eigenvalue weighted by Gasteiger charge is -2.27. The summed E-state index contributed by atoms with van der Waals surface area (Å²) in [5, 5.41) is 0. The van der Waals surface area contributed by atoms with E-state index in [9.17, 15) is 4.79 Å². The number of benzene rings is 3. The van der Waals surface area contributed by atoms with Crippen molar-refractivity contribution in [2.24, 2.45) is 13.0 Å². The van der Waals surface area contributed by atoms with Crippen LogP contribution in [0.4, 0.5) is 0 Å². The van der Waals surface area contributed by atoms with Crippen LogP contribution in [0.5, 0.6) is 17.2 Å². The second-order valence-electron chi connectivity index (χ2n) is 9.69. The quantitative estimate of drug-likeness (QED) is 0.314. The number of nitrogens with zero attached hydrogens (tertiary/aromatic N) is 3. The van der Waals surface area contributed by atoms with Gasteiger partial charge in [0.2, 0.25) is 5.91 Å². The van der Waals surface area contributed by atoms with Gasteiger partial charge < -0.3 is 23.7 Å². The van der Waals surface area contributed by atoms with E-state index in [-0.39, 0.29) is 24.0 Å². The molecular weight excluding hydrogens is 466 g/mol. The SMILES string of the molecule is COc1ccc(-c2cc(OC(C)C3CC(=O)N(C(C)c4ccccc4)C3)c3c(c2)ncn3C)cc1OC. The molecule has 1 aliphatic heterocycles. The van der Waals surface area contributed by atoms with Gasteiger partial charge >= 0.3 is 0 Å². The van der Waals surface area contributed by atoms with Crippen LogP contribution in [-0.4, -0.2) is 47.2 Å². The normalized spacial score (nSPS) is 17.2. The molecule has 1 saturated heterocycles. The van der Waals surface area contributed by atoms with Gasteiger partial charge in [-0.05, 0) is 54.8 Å². The third-order valence-corrected chi connectivity index (χ3v) is 7.41. The van der Waals surface area contributed by atoms with Crippen LogP contribution >= 0.6 is 0 Å². The zero-order valence-electron chi connectivity index (χ0n) is 22.0. The van der Waals surface area contributed by atoms with Gasteiger partial charge in [-0.25, -0.2) is 4.98 Å². The fraction of sp³-hybridized carbons (Fsp3) is 0.333. The summed E-state index contributed by atoms with van der Waals surface area (Å²) in [6, 6.07) is 20.1. The number of aromatic nitrogens is 2. The van der Waals surface area contributed by atoms with Crippen molar-refractivity contribution in [2.75, 3.05) is 20.8 Å². The zero-order chi connectivity index (χ0) is 26.1. The predicted molar refractivity (Wildman–Crippen MR) is 144 cm³/mol. The van der Waals surface area contributed by atoms with Gasteiger partial charge in [0.25, 0.3) is 0 Å². The molecule has 0 aliphatic carbocycles. The summed E-state index contributed by atoms with van der Waals surface area (Å²) in [5.41, 5.74) is 4.86. The molecule has 1 fully saturated rings. The minimum atomic E-state index is -0.157. The molecule has 2 heterocycles. The maximum atomic E-state index is 13.0. The first-order valence-electron chi connectivity index (χ1n) is 12.6. The van der Waals surface area contributed by atoms with Gasteiger partial charge in [0, 0.05) is 25.9 Å². The maximum absolute atomic E-state index is 13.0. The van der Waals surface area contributed by atoms with Crippen molar-refractivity contribution < 1.29 is 19.0 Å². The van der Waals surface area contributed by atoms with Crippen molar-refractivity contribution in [1.82, 2.24) is 14.5 Å². The molecule has 1 amide bonds. The van der Waals surface area contributed by atoms with Crippen molar-refractivity contribution in [2.45, 2.75) is 32.4 Å². The van der Waals surface area contributed by atoms with Crippen LogP contribution in [0.1, 0.15) is 31.9 Å². The molecule has 3 unspecified atom stereocenters. The van der Waals surface area contributed by atoms with Crippen molar-refractivity contribution in [3.63, 3.8) is 0 Å². The number of imidazole rings is 1. The number of likely N-dealkylation sites (tertiary alicyclic amines) is 1. The van der Waals surface area contributed by atoms with Crippen LogP contribution in [-0.2, 0) is 11.8 Å². The number of methoxy groups -OCH3 is 2. The molecule has 7 nitrogen and oxygen atoms in total. The molecule has 5 rings (SSSR count). The van der Waals surface area contributed by atoms with E-state index in [1.165, 1.54) is 0 Å². The van der Waals surface area contributed by atoms with Crippen molar-refractivity contribution in [1.29, 1.82) is 0 Å². The highest BCUT2D eigenvalue weighted by Crippen LogP contribution is 2.38. The van der Waals surface area contributed by atoms with Crippen LogP contribution in [0, 0.1) is 5.92 Å². The minimum absolute atomic E-state index is 0.0306. The molecule has 1 aromatic heterocycles. The van der Waals surface area contributed by atoms with E-state index < -0.39 is 0 Å². The third kappa shape index (κ3) is 4.73. The van der Waals surface area contributed by atoms with E-state index in [2.05, 4.69) is 37.0 Å². The van der Waals surface area contributed by atoms with Gasteiger partial charge in [0.15, 0.2) is 11.5 Å². The van der Waals surface area contributed by atoms with Crippen molar-refractivity contribution in [3.05, 3.63) is 72.6 Å². The number of hydrogen-bond acceptors (Lipinski definition) is 5. The molecule has 192 valence electrons. The second kappa shape index (κ2) is 10.2. The fourth-order valence-electron chi connectivity index (χ4n) is 5.18. The van der Waals surface area contributed by atoms with Crippen molar-refractivity contribution in [3.8, 4) is 28.4 Å². The van der Waals surface area contributed by atoms with Crippen LogP contribution in [0.3, 0.4) is 0 Å². The zero-order valence-corrected chi connectivity index (χ0v) is 22.0. The second-order valence-corrected chi connectivity index (χ2v) is 9.69. The summed E-state index contributed by atoms with van der Waals surface area (Å²) in [7, 11) is 5.22. The average molecular weight is 500 g/mol.